The van der Waals surface area contributed by atoms with Crippen LogP contribution in [0.3, 0.4) is 0 Å². The highest BCUT2D eigenvalue weighted by Crippen LogP contribution is 2.29. The summed E-state index contributed by atoms with van der Waals surface area (Å²) in [5, 5.41) is 12.1. The van der Waals surface area contributed by atoms with Crippen LogP contribution in [0.5, 0.6) is 0 Å². The molecule has 0 amide bonds. The summed E-state index contributed by atoms with van der Waals surface area (Å²) < 4.78 is 2.22. The molecular formula is C15H20N4. The van der Waals surface area contributed by atoms with Crippen molar-refractivity contribution in [3.8, 4) is 11.4 Å². The zero-order valence-electron chi connectivity index (χ0n) is 11.8. The molecule has 2 aromatic rings. The van der Waals surface area contributed by atoms with Gasteiger partial charge in [0.25, 0.3) is 0 Å². The SMILES string of the molecule is Cc1nnc(-c2cccc3c2CCNC3)n1C(C)C. The second kappa shape index (κ2) is 4.78. The highest BCUT2D eigenvalue weighted by molar-refractivity contribution is 5.63. The van der Waals surface area contributed by atoms with Gasteiger partial charge in [-0.3, -0.25) is 0 Å². The first kappa shape index (κ1) is 12.4. The third-order valence-corrected chi connectivity index (χ3v) is 3.76. The Bertz CT molecular complexity index is 598. The van der Waals surface area contributed by atoms with Gasteiger partial charge in [-0.2, -0.15) is 0 Å². The molecule has 0 saturated carbocycles. The van der Waals surface area contributed by atoms with Gasteiger partial charge in [-0.15, -0.1) is 10.2 Å². The van der Waals surface area contributed by atoms with Crippen LogP contribution in [-0.4, -0.2) is 21.3 Å². The summed E-state index contributed by atoms with van der Waals surface area (Å²) >= 11 is 0. The summed E-state index contributed by atoms with van der Waals surface area (Å²) in [4.78, 5) is 0. The van der Waals surface area contributed by atoms with E-state index in [0.717, 1.165) is 31.2 Å². The Kier molecular flexibility index (Phi) is 3.11. The third-order valence-electron chi connectivity index (χ3n) is 3.76. The Morgan fingerprint density at radius 3 is 2.89 bits per heavy atom. The predicted molar refractivity (Wildman–Crippen MR) is 76.0 cm³/mol. The van der Waals surface area contributed by atoms with Gasteiger partial charge in [0.15, 0.2) is 5.82 Å². The van der Waals surface area contributed by atoms with E-state index in [1.807, 2.05) is 6.92 Å². The lowest BCUT2D eigenvalue weighted by molar-refractivity contribution is 0.586. The van der Waals surface area contributed by atoms with Crippen LogP contribution in [0.1, 0.15) is 36.8 Å². The van der Waals surface area contributed by atoms with E-state index >= 15 is 0 Å². The number of nitrogens with zero attached hydrogens (tertiary/aromatic N) is 3. The molecule has 4 heteroatoms. The number of rotatable bonds is 2. The Morgan fingerprint density at radius 2 is 2.11 bits per heavy atom. The van der Waals surface area contributed by atoms with Gasteiger partial charge in [0, 0.05) is 18.2 Å². The van der Waals surface area contributed by atoms with Crippen molar-refractivity contribution >= 4 is 0 Å². The van der Waals surface area contributed by atoms with E-state index in [1.165, 1.54) is 16.7 Å². The van der Waals surface area contributed by atoms with E-state index in [4.69, 9.17) is 0 Å². The fraction of sp³-hybridized carbons (Fsp3) is 0.467. The molecule has 0 spiro atoms. The molecule has 0 fully saturated rings. The smallest absolute Gasteiger partial charge is 0.164 e. The van der Waals surface area contributed by atoms with Crippen molar-refractivity contribution < 1.29 is 0 Å². The summed E-state index contributed by atoms with van der Waals surface area (Å²) in [5.74, 6) is 1.99. The van der Waals surface area contributed by atoms with Gasteiger partial charge >= 0.3 is 0 Å². The first-order valence-electron chi connectivity index (χ1n) is 6.92. The number of aromatic nitrogens is 3. The van der Waals surface area contributed by atoms with E-state index in [0.29, 0.717) is 6.04 Å². The first-order valence-corrected chi connectivity index (χ1v) is 6.92. The van der Waals surface area contributed by atoms with Crippen molar-refractivity contribution in [2.45, 2.75) is 39.8 Å². The minimum absolute atomic E-state index is 0.377. The van der Waals surface area contributed by atoms with Gasteiger partial charge in [0.1, 0.15) is 5.82 Å². The number of fused-ring (bicyclic) bond motifs is 1. The quantitative estimate of drug-likeness (QED) is 0.897. The average Bonchev–Trinajstić information content (AvgIpc) is 2.80. The van der Waals surface area contributed by atoms with E-state index in [9.17, 15) is 0 Å². The van der Waals surface area contributed by atoms with Crippen molar-refractivity contribution in [1.82, 2.24) is 20.1 Å². The molecule has 4 nitrogen and oxygen atoms in total. The van der Waals surface area contributed by atoms with Gasteiger partial charge < -0.3 is 9.88 Å². The minimum Gasteiger partial charge on any atom is -0.312 e. The van der Waals surface area contributed by atoms with Gasteiger partial charge in [0.2, 0.25) is 0 Å². The molecule has 1 aliphatic rings. The fourth-order valence-corrected chi connectivity index (χ4v) is 2.91. The predicted octanol–water partition coefficient (Wildman–Crippen LogP) is 2.48. The van der Waals surface area contributed by atoms with Crippen molar-refractivity contribution in [3.63, 3.8) is 0 Å². The topological polar surface area (TPSA) is 42.7 Å². The number of nitrogens with one attached hydrogen (secondary N) is 1. The third kappa shape index (κ3) is 2.06. The summed E-state index contributed by atoms with van der Waals surface area (Å²) in [6, 6.07) is 6.87. The first-order chi connectivity index (χ1) is 9.18. The molecule has 0 bridgehead atoms. The number of aryl methyl sites for hydroxylation is 1. The molecule has 1 aromatic heterocycles. The second-order valence-electron chi connectivity index (χ2n) is 5.40. The van der Waals surface area contributed by atoms with Crippen molar-refractivity contribution in [2.24, 2.45) is 0 Å². The van der Waals surface area contributed by atoms with E-state index in [1.54, 1.807) is 0 Å². The van der Waals surface area contributed by atoms with Gasteiger partial charge in [-0.05, 0) is 44.9 Å². The maximum Gasteiger partial charge on any atom is 0.164 e. The van der Waals surface area contributed by atoms with Gasteiger partial charge in [-0.1, -0.05) is 18.2 Å². The Hall–Kier alpha value is -1.68. The lowest BCUT2D eigenvalue weighted by Gasteiger charge is -2.21. The molecule has 1 N–H and O–H groups in total. The summed E-state index contributed by atoms with van der Waals surface area (Å²) in [6.45, 7) is 8.37. The molecule has 0 radical (unpaired) electrons. The summed E-state index contributed by atoms with van der Waals surface area (Å²) in [6.07, 6.45) is 1.06. The molecule has 0 unspecified atom stereocenters. The number of hydrogen-bond donors (Lipinski definition) is 1. The molecule has 0 saturated heterocycles. The fourth-order valence-electron chi connectivity index (χ4n) is 2.91. The van der Waals surface area contributed by atoms with Crippen LogP contribution in [0.15, 0.2) is 18.2 Å². The van der Waals surface area contributed by atoms with Gasteiger partial charge in [0.05, 0.1) is 0 Å². The van der Waals surface area contributed by atoms with Crippen LogP contribution >= 0.6 is 0 Å². The van der Waals surface area contributed by atoms with Crippen molar-refractivity contribution in [3.05, 3.63) is 35.2 Å². The Balaban J connectivity index is 2.18. The highest BCUT2D eigenvalue weighted by atomic mass is 15.3. The number of benzene rings is 1. The van der Waals surface area contributed by atoms with Gasteiger partial charge in [-0.25, -0.2) is 0 Å². The van der Waals surface area contributed by atoms with Crippen LogP contribution in [-0.2, 0) is 13.0 Å². The normalized spacial score (nSPS) is 14.7. The molecule has 1 aliphatic heterocycles. The largest absolute Gasteiger partial charge is 0.312 e. The van der Waals surface area contributed by atoms with Crippen LogP contribution in [0.2, 0.25) is 0 Å². The van der Waals surface area contributed by atoms with E-state index in [-0.39, 0.29) is 0 Å². The standard InChI is InChI=1S/C15H20N4/c1-10(2)19-11(3)17-18-15(19)14-6-4-5-12-9-16-8-7-13(12)14/h4-6,10,16H,7-9H2,1-3H3. The highest BCUT2D eigenvalue weighted by Gasteiger charge is 2.19. The van der Waals surface area contributed by atoms with Crippen molar-refractivity contribution in [1.29, 1.82) is 0 Å². The molecule has 3 rings (SSSR count). The molecule has 100 valence electrons. The van der Waals surface area contributed by atoms with Crippen LogP contribution in [0, 0.1) is 6.92 Å². The van der Waals surface area contributed by atoms with Crippen LogP contribution in [0.25, 0.3) is 11.4 Å². The minimum atomic E-state index is 0.377. The molecule has 0 aliphatic carbocycles. The maximum atomic E-state index is 4.41. The summed E-state index contributed by atoms with van der Waals surface area (Å²) in [5.41, 5.74) is 4.06. The molecule has 2 heterocycles. The Labute approximate surface area is 113 Å². The molecule has 0 atom stereocenters. The van der Waals surface area contributed by atoms with E-state index < -0.39 is 0 Å². The average molecular weight is 256 g/mol. The second-order valence-corrected chi connectivity index (χ2v) is 5.40. The molecule has 19 heavy (non-hydrogen) atoms. The van der Waals surface area contributed by atoms with Crippen LogP contribution in [0.4, 0.5) is 0 Å². The maximum absolute atomic E-state index is 4.41. The molecular weight excluding hydrogens is 236 g/mol. The monoisotopic (exact) mass is 256 g/mol. The van der Waals surface area contributed by atoms with Crippen molar-refractivity contribution in [2.75, 3.05) is 6.54 Å². The summed E-state index contributed by atoms with van der Waals surface area (Å²) in [7, 11) is 0. The van der Waals surface area contributed by atoms with E-state index in [2.05, 4.69) is 52.1 Å². The number of hydrogen-bond acceptors (Lipinski definition) is 3. The zero-order chi connectivity index (χ0) is 13.4. The lowest BCUT2D eigenvalue weighted by atomic mass is 9.95. The molecule has 1 aromatic carbocycles. The lowest BCUT2D eigenvalue weighted by Crippen LogP contribution is -2.24. The van der Waals surface area contributed by atoms with Crippen LogP contribution < -0.4 is 5.32 Å². The zero-order valence-corrected chi connectivity index (χ0v) is 11.8. The Morgan fingerprint density at radius 1 is 1.26 bits per heavy atom.